The number of nitrogens with two attached hydrogens (primary N) is 1. The molecule has 0 aromatic heterocycles. The monoisotopic (exact) mass is 288 g/mol. The molecule has 0 spiro atoms. The van der Waals surface area contributed by atoms with Crippen LogP contribution in [0.1, 0.15) is 48.5 Å². The van der Waals surface area contributed by atoms with E-state index in [9.17, 15) is 4.79 Å². The number of rotatable bonds is 3. The molecular weight excluding hydrogens is 262 g/mol. The minimum atomic E-state index is -0.332. The lowest BCUT2D eigenvalue weighted by Crippen LogP contribution is -2.62. The number of hydrogen-bond acceptors (Lipinski definition) is 2. The van der Waals surface area contributed by atoms with Crippen molar-refractivity contribution in [3.63, 3.8) is 0 Å². The molecule has 2 fully saturated rings. The number of quaternary nitrogens is 1. The fraction of sp³-hybridized carbons (Fsp3) is 0.588. The molecule has 1 aromatic rings. The Morgan fingerprint density at radius 1 is 1.29 bits per heavy atom. The van der Waals surface area contributed by atoms with Crippen LogP contribution >= 0.6 is 0 Å². The van der Waals surface area contributed by atoms with Crippen molar-refractivity contribution in [1.29, 1.82) is 0 Å². The first-order chi connectivity index (χ1) is 10.1. The number of aryl methyl sites for hydroxylation is 1. The Morgan fingerprint density at radius 2 is 2.00 bits per heavy atom. The van der Waals surface area contributed by atoms with E-state index in [4.69, 9.17) is 5.73 Å². The minimum Gasteiger partial charge on any atom is -0.366 e. The summed E-state index contributed by atoms with van der Waals surface area (Å²) < 4.78 is 0.972. The summed E-state index contributed by atoms with van der Waals surface area (Å²) in [4.78, 5) is 11.5. The van der Waals surface area contributed by atoms with Crippen LogP contribution in [0.5, 0.6) is 0 Å². The largest absolute Gasteiger partial charge is 0.366 e. The van der Waals surface area contributed by atoms with E-state index in [1.807, 2.05) is 13.0 Å². The molecule has 4 nitrogen and oxygen atoms in total. The van der Waals surface area contributed by atoms with E-state index >= 15 is 0 Å². The molecular formula is C17H26N3O+. The molecule has 2 heterocycles. The zero-order valence-electron chi connectivity index (χ0n) is 13.1. The number of nitrogens with zero attached hydrogens (tertiary/aromatic N) is 2. The molecule has 0 bridgehead atoms. The van der Waals surface area contributed by atoms with Crippen LogP contribution in [0.4, 0.5) is 5.69 Å². The second kappa shape index (κ2) is 5.43. The van der Waals surface area contributed by atoms with Crippen molar-refractivity contribution >= 4 is 11.6 Å². The molecule has 21 heavy (non-hydrogen) atoms. The van der Waals surface area contributed by atoms with Gasteiger partial charge >= 0.3 is 0 Å². The van der Waals surface area contributed by atoms with Gasteiger partial charge in [-0.3, -0.25) is 4.79 Å². The van der Waals surface area contributed by atoms with Gasteiger partial charge < -0.3 is 5.73 Å². The maximum absolute atomic E-state index is 11.5. The minimum absolute atomic E-state index is 0.332. The Balaban J connectivity index is 2.05. The fourth-order valence-corrected chi connectivity index (χ4v) is 4.25. The third-order valence-electron chi connectivity index (χ3n) is 5.36. The van der Waals surface area contributed by atoms with Crippen molar-refractivity contribution in [3.8, 4) is 0 Å². The predicted molar refractivity (Wildman–Crippen MR) is 85.9 cm³/mol. The summed E-state index contributed by atoms with van der Waals surface area (Å²) in [5, 5.41) is 2.64. The smallest absolute Gasteiger partial charge is 0.248 e. The van der Waals surface area contributed by atoms with Crippen LogP contribution in [-0.4, -0.2) is 36.6 Å². The average Bonchev–Trinajstić information content (AvgIpc) is 3.07. The fourth-order valence-electron chi connectivity index (χ4n) is 4.25. The predicted octanol–water partition coefficient (Wildman–Crippen LogP) is 2.59. The normalized spacial score (nSPS) is 29.9. The molecule has 2 saturated heterocycles. The van der Waals surface area contributed by atoms with Crippen LogP contribution < -0.4 is 10.3 Å². The van der Waals surface area contributed by atoms with Gasteiger partial charge in [0, 0.05) is 43.6 Å². The summed E-state index contributed by atoms with van der Waals surface area (Å²) in [6.45, 7) is 7.89. The van der Waals surface area contributed by atoms with Gasteiger partial charge in [-0.1, -0.05) is 0 Å². The van der Waals surface area contributed by atoms with Crippen LogP contribution in [0.25, 0.3) is 0 Å². The third-order valence-corrected chi connectivity index (χ3v) is 5.36. The van der Waals surface area contributed by atoms with E-state index < -0.39 is 0 Å². The standard InChI is InChI=1S/C17H25N3O/c1-13-12-15(7-8-16(13)17(18)21)20(11-5-6-14(20)2)19-9-3-4-10-19/h7-8,12,14H,3-6,9-11H2,1-2H3,(H-,18,21)/p+1/t14-,20-/m0/s1. The van der Waals surface area contributed by atoms with Crippen molar-refractivity contribution in [2.24, 2.45) is 5.73 Å². The molecule has 0 saturated carbocycles. The van der Waals surface area contributed by atoms with Crippen LogP contribution in [0.15, 0.2) is 18.2 Å². The van der Waals surface area contributed by atoms with Crippen LogP contribution in [0, 0.1) is 6.92 Å². The molecule has 1 amide bonds. The third kappa shape index (κ3) is 2.27. The number of primary amides is 1. The molecule has 3 rings (SSSR count). The second-order valence-corrected chi connectivity index (χ2v) is 6.57. The van der Waals surface area contributed by atoms with E-state index in [2.05, 4.69) is 24.1 Å². The molecule has 2 N–H and O–H groups in total. The highest BCUT2D eigenvalue weighted by Gasteiger charge is 2.47. The maximum atomic E-state index is 11.5. The Bertz CT molecular complexity index is 551. The SMILES string of the molecule is Cc1cc([N@+]2(N3CCCC3)CCC[C@@H]2C)ccc1C(N)=O. The lowest BCUT2D eigenvalue weighted by atomic mass is 10.1. The van der Waals surface area contributed by atoms with Gasteiger partial charge in [-0.15, -0.1) is 5.01 Å². The zero-order valence-corrected chi connectivity index (χ0v) is 13.1. The maximum Gasteiger partial charge on any atom is 0.248 e. The summed E-state index contributed by atoms with van der Waals surface area (Å²) in [5.41, 5.74) is 8.41. The van der Waals surface area contributed by atoms with Gasteiger partial charge in [0.1, 0.15) is 12.6 Å². The van der Waals surface area contributed by atoms with Gasteiger partial charge in [0.05, 0.1) is 0 Å². The van der Waals surface area contributed by atoms with Gasteiger partial charge in [-0.25, -0.2) is 4.59 Å². The molecule has 2 aliphatic rings. The summed E-state index contributed by atoms with van der Waals surface area (Å²) in [6, 6.07) is 6.82. The average molecular weight is 288 g/mol. The molecule has 1 aromatic carbocycles. The summed E-state index contributed by atoms with van der Waals surface area (Å²) >= 11 is 0. The van der Waals surface area contributed by atoms with E-state index in [-0.39, 0.29) is 5.91 Å². The first-order valence-electron chi connectivity index (χ1n) is 8.10. The molecule has 0 radical (unpaired) electrons. The quantitative estimate of drug-likeness (QED) is 0.869. The molecule has 2 atom stereocenters. The number of carbonyl (C=O) groups is 1. The zero-order chi connectivity index (χ0) is 15.0. The van der Waals surface area contributed by atoms with Gasteiger partial charge in [-0.2, -0.15) is 0 Å². The van der Waals surface area contributed by atoms with Crippen molar-refractivity contribution in [3.05, 3.63) is 29.3 Å². The number of amides is 1. The second-order valence-electron chi connectivity index (χ2n) is 6.57. The summed E-state index contributed by atoms with van der Waals surface area (Å²) in [5.74, 6) is -0.332. The van der Waals surface area contributed by atoms with Crippen molar-refractivity contribution in [2.45, 2.75) is 45.6 Å². The first kappa shape index (κ1) is 14.5. The lowest BCUT2D eigenvalue weighted by Gasteiger charge is -2.44. The van der Waals surface area contributed by atoms with Crippen LogP contribution in [-0.2, 0) is 0 Å². The highest BCUT2D eigenvalue weighted by atomic mass is 16.1. The Kier molecular flexibility index (Phi) is 3.76. The molecule has 0 unspecified atom stereocenters. The van der Waals surface area contributed by atoms with Crippen molar-refractivity contribution in [2.75, 3.05) is 19.6 Å². The highest BCUT2D eigenvalue weighted by Crippen LogP contribution is 2.39. The van der Waals surface area contributed by atoms with Crippen molar-refractivity contribution in [1.82, 2.24) is 9.60 Å². The number of carbonyl (C=O) groups excluding carboxylic acids is 1. The number of hydrogen-bond donors (Lipinski definition) is 1. The number of benzene rings is 1. The summed E-state index contributed by atoms with van der Waals surface area (Å²) in [7, 11) is 0. The van der Waals surface area contributed by atoms with Gasteiger partial charge in [0.2, 0.25) is 5.91 Å². The van der Waals surface area contributed by atoms with E-state index in [0.29, 0.717) is 11.6 Å². The molecule has 0 aliphatic carbocycles. The van der Waals surface area contributed by atoms with E-state index in [1.54, 1.807) is 0 Å². The Morgan fingerprint density at radius 3 is 2.52 bits per heavy atom. The molecule has 4 heteroatoms. The topological polar surface area (TPSA) is 46.3 Å². The van der Waals surface area contributed by atoms with Crippen LogP contribution in [0.2, 0.25) is 0 Å². The van der Waals surface area contributed by atoms with Crippen LogP contribution in [0.3, 0.4) is 0 Å². The molecule has 114 valence electrons. The first-order valence-corrected chi connectivity index (χ1v) is 8.10. The van der Waals surface area contributed by atoms with E-state index in [0.717, 1.165) is 10.2 Å². The van der Waals surface area contributed by atoms with E-state index in [1.165, 1.54) is 51.0 Å². The Labute approximate surface area is 127 Å². The lowest BCUT2D eigenvalue weighted by molar-refractivity contribution is -0.00182. The van der Waals surface area contributed by atoms with Crippen molar-refractivity contribution < 1.29 is 4.79 Å². The highest BCUT2D eigenvalue weighted by molar-refractivity contribution is 5.94. The van der Waals surface area contributed by atoms with Gasteiger partial charge in [0.25, 0.3) is 0 Å². The molecule has 2 aliphatic heterocycles. The van der Waals surface area contributed by atoms with Gasteiger partial charge in [0.15, 0.2) is 5.69 Å². The van der Waals surface area contributed by atoms with Gasteiger partial charge in [-0.05, 0) is 38.3 Å². The Hall–Kier alpha value is -1.39. The summed E-state index contributed by atoms with van der Waals surface area (Å²) in [6.07, 6.45) is 5.14.